The van der Waals surface area contributed by atoms with Gasteiger partial charge in [0.25, 0.3) is 0 Å². The van der Waals surface area contributed by atoms with E-state index < -0.39 is 10.0 Å². The van der Waals surface area contributed by atoms with Crippen LogP contribution >= 0.6 is 27.3 Å². The average Bonchev–Trinajstić information content (AvgIpc) is 3.20. The normalized spacial score (nSPS) is 15.5. The summed E-state index contributed by atoms with van der Waals surface area (Å²) >= 11 is 4.99. The van der Waals surface area contributed by atoms with Crippen molar-refractivity contribution in [1.29, 1.82) is 0 Å². The highest BCUT2D eigenvalue weighted by molar-refractivity contribution is 9.10. The van der Waals surface area contributed by atoms with Gasteiger partial charge in [0.1, 0.15) is 0 Å². The topological polar surface area (TPSA) is 53.5 Å². The van der Waals surface area contributed by atoms with Crippen LogP contribution in [0, 0.1) is 13.8 Å². The second-order valence-corrected chi connectivity index (χ2v) is 11.2. The number of rotatable bonds is 5. The van der Waals surface area contributed by atoms with Crippen molar-refractivity contribution >= 4 is 42.4 Å². The molecular weight excluding hydrogens is 482 g/mol. The predicted molar refractivity (Wildman–Crippen MR) is 126 cm³/mol. The van der Waals surface area contributed by atoms with Crippen molar-refractivity contribution in [3.8, 4) is 0 Å². The summed E-state index contributed by atoms with van der Waals surface area (Å²) in [5, 5.41) is 3.09. The van der Waals surface area contributed by atoms with Gasteiger partial charge in [0.15, 0.2) is 5.13 Å². The van der Waals surface area contributed by atoms with Crippen LogP contribution in [-0.4, -0.2) is 43.9 Å². The number of nitrogens with zero attached hydrogens (tertiary/aromatic N) is 3. The number of aryl methyl sites for hydroxylation is 2. The molecular formula is C22H24BrN3O2S2. The summed E-state index contributed by atoms with van der Waals surface area (Å²) in [6, 6.07) is 13.2. The highest BCUT2D eigenvalue weighted by atomic mass is 79.9. The van der Waals surface area contributed by atoms with Crippen molar-refractivity contribution in [2.45, 2.75) is 25.2 Å². The van der Waals surface area contributed by atoms with E-state index in [9.17, 15) is 8.42 Å². The van der Waals surface area contributed by atoms with Crippen molar-refractivity contribution in [1.82, 2.24) is 9.29 Å². The molecule has 8 heteroatoms. The average molecular weight is 506 g/mol. The lowest BCUT2D eigenvalue weighted by molar-refractivity contribution is 0.384. The number of benzene rings is 2. The maximum Gasteiger partial charge on any atom is 0.243 e. The molecule has 0 aliphatic carbocycles. The molecule has 1 aromatic heterocycles. The Kier molecular flexibility index (Phi) is 6.29. The second-order valence-electron chi connectivity index (χ2n) is 7.51. The number of sulfonamides is 1. The molecule has 2 heterocycles. The van der Waals surface area contributed by atoms with Crippen LogP contribution in [0.25, 0.3) is 0 Å². The lowest BCUT2D eigenvalue weighted by Gasteiger charge is -2.33. The summed E-state index contributed by atoms with van der Waals surface area (Å²) < 4.78 is 28.2. The van der Waals surface area contributed by atoms with Crippen LogP contribution in [0.2, 0.25) is 0 Å². The van der Waals surface area contributed by atoms with Crippen LogP contribution in [0.4, 0.5) is 5.13 Å². The molecule has 1 aliphatic heterocycles. The SMILES string of the molecule is Cc1cccc(C)c1Cc1csc(N2CCN(S(=O)(=O)c3ccc(Br)cc3)CC2)n1. The zero-order chi connectivity index (χ0) is 21.3. The molecule has 0 spiro atoms. The number of thiazole rings is 1. The van der Waals surface area contributed by atoms with Crippen LogP contribution in [0.15, 0.2) is 57.2 Å². The van der Waals surface area contributed by atoms with Crippen molar-refractivity contribution in [2.75, 3.05) is 31.1 Å². The van der Waals surface area contributed by atoms with Crippen LogP contribution < -0.4 is 4.90 Å². The highest BCUT2D eigenvalue weighted by Crippen LogP contribution is 2.27. The molecule has 0 amide bonds. The van der Waals surface area contributed by atoms with E-state index in [0.29, 0.717) is 31.1 Å². The zero-order valence-electron chi connectivity index (χ0n) is 17.0. The fourth-order valence-corrected chi connectivity index (χ4v) is 6.27. The van der Waals surface area contributed by atoms with Gasteiger partial charge in [-0.15, -0.1) is 11.3 Å². The second kappa shape index (κ2) is 8.78. The van der Waals surface area contributed by atoms with Gasteiger partial charge in [0.05, 0.1) is 10.6 Å². The van der Waals surface area contributed by atoms with Gasteiger partial charge in [-0.3, -0.25) is 0 Å². The fraction of sp³-hybridized carbons (Fsp3) is 0.318. The van der Waals surface area contributed by atoms with Gasteiger partial charge in [-0.05, 0) is 54.8 Å². The lowest BCUT2D eigenvalue weighted by Crippen LogP contribution is -2.48. The summed E-state index contributed by atoms with van der Waals surface area (Å²) in [4.78, 5) is 7.36. The molecule has 0 unspecified atom stereocenters. The number of aromatic nitrogens is 1. The number of halogens is 1. The first-order chi connectivity index (χ1) is 14.3. The van der Waals surface area contributed by atoms with Gasteiger partial charge >= 0.3 is 0 Å². The van der Waals surface area contributed by atoms with E-state index in [2.05, 4.69) is 58.3 Å². The van der Waals surface area contributed by atoms with Crippen LogP contribution in [0.3, 0.4) is 0 Å². The molecule has 4 rings (SSSR count). The van der Waals surface area contributed by atoms with Crippen LogP contribution in [0.1, 0.15) is 22.4 Å². The molecule has 1 fully saturated rings. The van der Waals surface area contributed by atoms with E-state index in [1.54, 1.807) is 39.9 Å². The summed E-state index contributed by atoms with van der Waals surface area (Å²) in [5.74, 6) is 0. The molecule has 0 radical (unpaired) electrons. The Labute approximate surface area is 190 Å². The summed E-state index contributed by atoms with van der Waals surface area (Å²) in [6.07, 6.45) is 0.826. The minimum absolute atomic E-state index is 0.337. The molecule has 1 saturated heterocycles. The third-order valence-electron chi connectivity index (χ3n) is 5.50. The van der Waals surface area contributed by atoms with Crippen molar-refractivity contribution < 1.29 is 8.42 Å². The Hall–Kier alpha value is -1.74. The Morgan fingerprint density at radius 1 is 1.00 bits per heavy atom. The Morgan fingerprint density at radius 2 is 1.63 bits per heavy atom. The molecule has 0 saturated carbocycles. The first kappa shape index (κ1) is 21.5. The molecule has 3 aromatic rings. The standard InChI is InChI=1S/C22H24BrN3O2S2/c1-16-4-3-5-17(2)21(16)14-19-15-29-22(24-19)25-10-12-26(13-11-25)30(27,28)20-8-6-18(23)7-9-20/h3-9,15H,10-14H2,1-2H3. The third-order valence-corrected chi connectivity index (χ3v) is 8.89. The smallest absolute Gasteiger partial charge is 0.243 e. The summed E-state index contributed by atoms with van der Waals surface area (Å²) in [5.41, 5.74) is 4.98. The number of hydrogen-bond acceptors (Lipinski definition) is 5. The van der Waals surface area contributed by atoms with E-state index >= 15 is 0 Å². The van der Waals surface area contributed by atoms with E-state index in [0.717, 1.165) is 21.7 Å². The van der Waals surface area contributed by atoms with Gasteiger partial charge < -0.3 is 4.90 Å². The first-order valence-corrected chi connectivity index (χ1v) is 13.0. The molecule has 2 aromatic carbocycles. The van der Waals surface area contributed by atoms with Gasteiger partial charge in [0.2, 0.25) is 10.0 Å². The fourth-order valence-electron chi connectivity index (χ4n) is 3.71. The third kappa shape index (κ3) is 4.46. The zero-order valence-corrected chi connectivity index (χ0v) is 20.2. The van der Waals surface area contributed by atoms with Crippen molar-refractivity contribution in [2.24, 2.45) is 0 Å². The van der Waals surface area contributed by atoms with Gasteiger partial charge in [0, 0.05) is 42.5 Å². The van der Waals surface area contributed by atoms with Crippen molar-refractivity contribution in [3.63, 3.8) is 0 Å². The summed E-state index contributed by atoms with van der Waals surface area (Å²) in [6.45, 7) is 6.49. The first-order valence-electron chi connectivity index (χ1n) is 9.85. The van der Waals surface area contributed by atoms with Crippen LogP contribution in [0.5, 0.6) is 0 Å². The predicted octanol–water partition coefficient (Wildman–Crippen LogP) is 4.62. The quantitative estimate of drug-likeness (QED) is 0.507. The monoisotopic (exact) mass is 505 g/mol. The van der Waals surface area contributed by atoms with Crippen molar-refractivity contribution in [3.05, 3.63) is 74.7 Å². The lowest BCUT2D eigenvalue weighted by atomic mass is 9.99. The maximum atomic E-state index is 12.9. The van der Waals surface area contributed by atoms with Gasteiger partial charge in [-0.1, -0.05) is 34.1 Å². The molecule has 158 valence electrons. The Bertz CT molecular complexity index is 1120. The highest BCUT2D eigenvalue weighted by Gasteiger charge is 2.29. The molecule has 5 nitrogen and oxygen atoms in total. The maximum absolute atomic E-state index is 12.9. The number of piperazine rings is 1. The van der Waals surface area contributed by atoms with E-state index in [-0.39, 0.29) is 0 Å². The Balaban J connectivity index is 1.42. The number of hydrogen-bond donors (Lipinski definition) is 0. The molecule has 30 heavy (non-hydrogen) atoms. The van der Waals surface area contributed by atoms with E-state index in [1.165, 1.54) is 16.7 Å². The molecule has 0 bridgehead atoms. The minimum atomic E-state index is -3.46. The summed E-state index contributed by atoms with van der Waals surface area (Å²) in [7, 11) is -3.46. The Morgan fingerprint density at radius 3 is 2.27 bits per heavy atom. The molecule has 0 atom stereocenters. The molecule has 0 N–H and O–H groups in total. The van der Waals surface area contributed by atoms with Gasteiger partial charge in [-0.25, -0.2) is 13.4 Å². The number of anilines is 1. The van der Waals surface area contributed by atoms with E-state index in [1.807, 2.05) is 0 Å². The van der Waals surface area contributed by atoms with Crippen LogP contribution in [-0.2, 0) is 16.4 Å². The van der Waals surface area contributed by atoms with E-state index in [4.69, 9.17) is 4.98 Å². The molecule has 1 aliphatic rings. The largest absolute Gasteiger partial charge is 0.345 e. The minimum Gasteiger partial charge on any atom is -0.345 e. The van der Waals surface area contributed by atoms with Gasteiger partial charge in [-0.2, -0.15) is 4.31 Å².